The average Bonchev–Trinajstić information content (AvgIpc) is 2.73. The molecule has 2 aromatic carbocycles. The first-order valence-electron chi connectivity index (χ1n) is 8.55. The molecule has 0 atom stereocenters. The van der Waals surface area contributed by atoms with Crippen LogP contribution in [0, 0.1) is 0 Å². The van der Waals surface area contributed by atoms with E-state index in [1.165, 1.54) is 6.33 Å². The highest BCUT2D eigenvalue weighted by molar-refractivity contribution is 6.33. The zero-order valence-corrected chi connectivity index (χ0v) is 16.6. The van der Waals surface area contributed by atoms with Crippen molar-refractivity contribution in [3.8, 4) is 23.1 Å². The predicted octanol–water partition coefficient (Wildman–Crippen LogP) is 4.40. The summed E-state index contributed by atoms with van der Waals surface area (Å²) in [5.74, 6) is 1.86. The molecule has 3 aromatic rings. The third kappa shape index (κ3) is 4.67. The van der Waals surface area contributed by atoms with Crippen molar-refractivity contribution in [3.63, 3.8) is 0 Å². The van der Waals surface area contributed by atoms with Crippen LogP contribution < -0.4 is 24.8 Å². The summed E-state index contributed by atoms with van der Waals surface area (Å²) >= 11 is 6.27. The molecule has 29 heavy (non-hydrogen) atoms. The van der Waals surface area contributed by atoms with Crippen LogP contribution in [0.3, 0.4) is 0 Å². The highest BCUT2D eigenvalue weighted by Gasteiger charge is 2.13. The summed E-state index contributed by atoms with van der Waals surface area (Å²) in [6, 6.07) is 7.99. The standard InChI is InChI=1S/C20H19ClN4O4/c1-4-7-22-20(26)25-15-6-5-12(8-14(15)21)29-19-13-9-17(27-2)18(28-3)10-16(13)23-11-24-19/h4-6,8-11H,1,7H2,2-3H3,(H2,22,25,26). The molecule has 2 amide bonds. The van der Waals surface area contributed by atoms with Gasteiger partial charge in [0.15, 0.2) is 11.5 Å². The Kier molecular flexibility index (Phi) is 6.36. The number of rotatable bonds is 7. The molecular formula is C20H19ClN4O4. The molecule has 3 rings (SSSR count). The van der Waals surface area contributed by atoms with E-state index in [1.54, 1.807) is 50.6 Å². The topological polar surface area (TPSA) is 94.6 Å². The van der Waals surface area contributed by atoms with Gasteiger partial charge in [-0.2, -0.15) is 0 Å². The number of ether oxygens (including phenoxy) is 3. The van der Waals surface area contributed by atoms with E-state index in [0.717, 1.165) is 0 Å². The van der Waals surface area contributed by atoms with Gasteiger partial charge in [0, 0.05) is 18.7 Å². The lowest BCUT2D eigenvalue weighted by molar-refractivity contribution is 0.253. The Morgan fingerprint density at radius 2 is 1.93 bits per heavy atom. The lowest BCUT2D eigenvalue weighted by atomic mass is 10.2. The smallest absolute Gasteiger partial charge is 0.319 e. The summed E-state index contributed by atoms with van der Waals surface area (Å²) in [5, 5.41) is 6.22. The summed E-state index contributed by atoms with van der Waals surface area (Å²) in [4.78, 5) is 20.2. The van der Waals surface area contributed by atoms with Gasteiger partial charge >= 0.3 is 6.03 Å². The molecule has 0 bridgehead atoms. The lowest BCUT2D eigenvalue weighted by Gasteiger charge is -2.12. The Morgan fingerprint density at radius 1 is 1.17 bits per heavy atom. The number of amides is 2. The van der Waals surface area contributed by atoms with E-state index in [0.29, 0.717) is 51.3 Å². The van der Waals surface area contributed by atoms with E-state index in [1.807, 2.05) is 0 Å². The molecule has 0 fully saturated rings. The number of nitrogens with zero attached hydrogens (tertiary/aromatic N) is 2. The molecular weight excluding hydrogens is 396 g/mol. The number of benzene rings is 2. The molecule has 1 aromatic heterocycles. The van der Waals surface area contributed by atoms with E-state index < -0.39 is 0 Å². The van der Waals surface area contributed by atoms with Crippen LogP contribution in [0.4, 0.5) is 10.5 Å². The van der Waals surface area contributed by atoms with Crippen molar-refractivity contribution in [1.82, 2.24) is 15.3 Å². The second-order valence-corrected chi connectivity index (χ2v) is 6.18. The van der Waals surface area contributed by atoms with Crippen LogP contribution in [0.5, 0.6) is 23.1 Å². The van der Waals surface area contributed by atoms with Crippen molar-refractivity contribution in [2.75, 3.05) is 26.1 Å². The van der Waals surface area contributed by atoms with E-state index >= 15 is 0 Å². The second kappa shape index (κ2) is 9.11. The molecule has 0 spiro atoms. The van der Waals surface area contributed by atoms with Gasteiger partial charge in [-0.15, -0.1) is 6.58 Å². The lowest BCUT2D eigenvalue weighted by Crippen LogP contribution is -2.28. The van der Waals surface area contributed by atoms with Gasteiger partial charge in [-0.1, -0.05) is 17.7 Å². The van der Waals surface area contributed by atoms with Gasteiger partial charge in [0.25, 0.3) is 0 Å². The minimum absolute atomic E-state index is 0.314. The SMILES string of the molecule is C=CCNC(=O)Nc1ccc(Oc2ncnc3cc(OC)c(OC)cc23)cc1Cl. The third-order valence-corrected chi connectivity index (χ3v) is 4.23. The summed E-state index contributed by atoms with van der Waals surface area (Å²) in [7, 11) is 3.10. The molecule has 0 radical (unpaired) electrons. The highest BCUT2D eigenvalue weighted by Crippen LogP contribution is 2.36. The number of hydrogen-bond acceptors (Lipinski definition) is 6. The van der Waals surface area contributed by atoms with Gasteiger partial charge in [-0.25, -0.2) is 14.8 Å². The van der Waals surface area contributed by atoms with Crippen LogP contribution in [-0.4, -0.2) is 36.8 Å². The van der Waals surface area contributed by atoms with Crippen molar-refractivity contribution in [1.29, 1.82) is 0 Å². The number of carbonyl (C=O) groups is 1. The van der Waals surface area contributed by atoms with Crippen LogP contribution in [0.2, 0.25) is 5.02 Å². The Balaban J connectivity index is 1.86. The van der Waals surface area contributed by atoms with E-state index in [9.17, 15) is 4.79 Å². The molecule has 0 aliphatic heterocycles. The number of methoxy groups -OCH3 is 2. The third-order valence-electron chi connectivity index (χ3n) is 3.91. The summed E-state index contributed by atoms with van der Waals surface area (Å²) in [6.45, 7) is 3.89. The minimum atomic E-state index is -0.386. The maximum atomic E-state index is 11.8. The maximum absolute atomic E-state index is 11.8. The van der Waals surface area contributed by atoms with Crippen molar-refractivity contribution >= 4 is 34.2 Å². The molecule has 9 heteroatoms. The van der Waals surface area contributed by atoms with Crippen LogP contribution >= 0.6 is 11.6 Å². The number of urea groups is 1. The fraction of sp³-hybridized carbons (Fsp3) is 0.150. The molecule has 0 aliphatic carbocycles. The Bertz CT molecular complexity index is 1060. The number of carbonyl (C=O) groups excluding carboxylic acids is 1. The van der Waals surface area contributed by atoms with Crippen molar-refractivity contribution in [3.05, 3.63) is 54.3 Å². The quantitative estimate of drug-likeness (QED) is 0.556. The van der Waals surface area contributed by atoms with Crippen LogP contribution in [0.25, 0.3) is 10.9 Å². The molecule has 2 N–H and O–H groups in total. The molecule has 0 aliphatic rings. The summed E-state index contributed by atoms with van der Waals surface area (Å²) in [5.41, 5.74) is 1.08. The number of halogens is 1. The van der Waals surface area contributed by atoms with Gasteiger partial charge in [0.1, 0.15) is 12.1 Å². The molecule has 0 saturated carbocycles. The van der Waals surface area contributed by atoms with Crippen LogP contribution in [-0.2, 0) is 0 Å². The van der Waals surface area contributed by atoms with Crippen molar-refractivity contribution < 1.29 is 19.0 Å². The molecule has 0 saturated heterocycles. The number of fused-ring (bicyclic) bond motifs is 1. The highest BCUT2D eigenvalue weighted by atomic mass is 35.5. The first kappa shape index (κ1) is 20.2. The van der Waals surface area contributed by atoms with Crippen molar-refractivity contribution in [2.24, 2.45) is 0 Å². The predicted molar refractivity (Wildman–Crippen MR) is 111 cm³/mol. The molecule has 8 nitrogen and oxygen atoms in total. The first-order valence-corrected chi connectivity index (χ1v) is 8.93. The van der Waals surface area contributed by atoms with Crippen LogP contribution in [0.15, 0.2) is 49.3 Å². The number of aromatic nitrogens is 2. The molecule has 1 heterocycles. The zero-order chi connectivity index (χ0) is 20.8. The molecule has 0 unspecified atom stereocenters. The van der Waals surface area contributed by atoms with Crippen LogP contribution in [0.1, 0.15) is 0 Å². The monoisotopic (exact) mass is 414 g/mol. The van der Waals surface area contributed by atoms with Gasteiger partial charge in [0.05, 0.1) is 35.8 Å². The Labute approximate surface area is 172 Å². The largest absolute Gasteiger partial charge is 0.493 e. The first-order chi connectivity index (χ1) is 14.0. The summed E-state index contributed by atoms with van der Waals surface area (Å²) in [6.07, 6.45) is 2.97. The van der Waals surface area contributed by atoms with Gasteiger partial charge in [-0.3, -0.25) is 0 Å². The normalized spacial score (nSPS) is 10.3. The van der Waals surface area contributed by atoms with Gasteiger partial charge in [0.2, 0.25) is 5.88 Å². The second-order valence-electron chi connectivity index (χ2n) is 5.77. The summed E-state index contributed by atoms with van der Waals surface area (Å²) < 4.78 is 16.5. The Hall–Kier alpha value is -3.52. The molecule has 150 valence electrons. The van der Waals surface area contributed by atoms with E-state index in [4.69, 9.17) is 25.8 Å². The number of anilines is 1. The van der Waals surface area contributed by atoms with Gasteiger partial charge in [-0.05, 0) is 18.2 Å². The van der Waals surface area contributed by atoms with Gasteiger partial charge < -0.3 is 24.8 Å². The zero-order valence-electron chi connectivity index (χ0n) is 15.9. The number of nitrogens with one attached hydrogen (secondary N) is 2. The van der Waals surface area contributed by atoms with E-state index in [2.05, 4.69) is 27.2 Å². The number of hydrogen-bond donors (Lipinski definition) is 2. The Morgan fingerprint density at radius 3 is 2.62 bits per heavy atom. The maximum Gasteiger partial charge on any atom is 0.319 e. The van der Waals surface area contributed by atoms with Crippen molar-refractivity contribution in [2.45, 2.75) is 0 Å². The minimum Gasteiger partial charge on any atom is -0.493 e. The van der Waals surface area contributed by atoms with E-state index in [-0.39, 0.29) is 6.03 Å². The fourth-order valence-corrected chi connectivity index (χ4v) is 2.76. The fourth-order valence-electron chi connectivity index (χ4n) is 2.54. The average molecular weight is 415 g/mol.